The van der Waals surface area contributed by atoms with Gasteiger partial charge < -0.3 is 14.2 Å². The van der Waals surface area contributed by atoms with Gasteiger partial charge in [0.1, 0.15) is 24.0 Å². The SMILES string of the molecule is CC[C@@H](C)c1ccc(OCCn2c([C@H]3CC(=O)N(c4ccc(F)cc4)C3)nc3ccccc32)cc1. The Morgan fingerprint density at radius 3 is 2.54 bits per heavy atom. The number of hydrogen-bond acceptors (Lipinski definition) is 3. The van der Waals surface area contributed by atoms with Gasteiger partial charge >= 0.3 is 0 Å². The van der Waals surface area contributed by atoms with Crippen LogP contribution in [0.15, 0.2) is 72.8 Å². The molecule has 1 aliphatic rings. The van der Waals surface area contributed by atoms with Crippen molar-refractivity contribution in [2.24, 2.45) is 0 Å². The van der Waals surface area contributed by atoms with Crippen molar-refractivity contribution < 1.29 is 13.9 Å². The van der Waals surface area contributed by atoms with E-state index in [2.05, 4.69) is 36.6 Å². The fourth-order valence-corrected chi connectivity index (χ4v) is 4.77. The van der Waals surface area contributed by atoms with Crippen LogP contribution >= 0.6 is 0 Å². The maximum absolute atomic E-state index is 13.4. The quantitative estimate of drug-likeness (QED) is 0.303. The molecule has 2 atom stereocenters. The summed E-state index contributed by atoms with van der Waals surface area (Å²) >= 11 is 0. The Morgan fingerprint density at radius 1 is 1.06 bits per heavy atom. The number of hydrogen-bond donors (Lipinski definition) is 0. The second kappa shape index (κ2) is 9.90. The lowest BCUT2D eigenvalue weighted by Crippen LogP contribution is -2.24. The van der Waals surface area contributed by atoms with Crippen LogP contribution in [0.1, 0.15) is 49.9 Å². The average molecular weight is 472 g/mol. The predicted molar refractivity (Wildman–Crippen MR) is 136 cm³/mol. The number of rotatable bonds is 8. The van der Waals surface area contributed by atoms with E-state index in [4.69, 9.17) is 9.72 Å². The normalized spacial score (nSPS) is 16.7. The van der Waals surface area contributed by atoms with Crippen molar-refractivity contribution in [3.8, 4) is 5.75 Å². The monoisotopic (exact) mass is 471 g/mol. The lowest BCUT2D eigenvalue weighted by atomic mass is 9.99. The van der Waals surface area contributed by atoms with E-state index in [0.717, 1.165) is 29.0 Å². The molecular formula is C29H30FN3O2. The Bertz CT molecular complexity index is 1310. The van der Waals surface area contributed by atoms with Gasteiger partial charge in [-0.2, -0.15) is 0 Å². The molecule has 0 N–H and O–H groups in total. The van der Waals surface area contributed by atoms with Crippen LogP contribution in [0.3, 0.4) is 0 Å². The third-order valence-electron chi connectivity index (χ3n) is 6.96. The molecule has 1 saturated heterocycles. The Hall–Kier alpha value is -3.67. The largest absolute Gasteiger partial charge is 0.492 e. The van der Waals surface area contributed by atoms with Crippen LogP contribution in [-0.4, -0.2) is 28.6 Å². The maximum Gasteiger partial charge on any atom is 0.227 e. The number of benzene rings is 3. The average Bonchev–Trinajstić information content (AvgIpc) is 3.45. The lowest BCUT2D eigenvalue weighted by molar-refractivity contribution is -0.117. The minimum Gasteiger partial charge on any atom is -0.492 e. The zero-order valence-electron chi connectivity index (χ0n) is 20.2. The van der Waals surface area contributed by atoms with Crippen LogP contribution in [0.5, 0.6) is 5.75 Å². The molecule has 180 valence electrons. The standard InChI is InChI=1S/C29H30FN3O2/c1-3-20(2)21-8-14-25(15-9-21)35-17-16-32-27-7-5-4-6-26(27)31-29(32)22-18-28(34)33(19-22)24-12-10-23(30)11-13-24/h4-15,20,22H,3,16-19H2,1-2H3/t20-,22+/m1/s1. The number of carbonyl (C=O) groups is 1. The van der Waals surface area contributed by atoms with Gasteiger partial charge in [-0.3, -0.25) is 4.79 Å². The molecule has 0 unspecified atom stereocenters. The smallest absolute Gasteiger partial charge is 0.227 e. The van der Waals surface area contributed by atoms with E-state index >= 15 is 0 Å². The number of nitrogens with zero attached hydrogens (tertiary/aromatic N) is 3. The zero-order valence-corrected chi connectivity index (χ0v) is 20.2. The number of ether oxygens (including phenoxy) is 1. The minimum absolute atomic E-state index is 0.0258. The third-order valence-corrected chi connectivity index (χ3v) is 6.96. The first-order valence-corrected chi connectivity index (χ1v) is 12.3. The molecule has 5 nitrogen and oxygen atoms in total. The van der Waals surface area contributed by atoms with Gasteiger partial charge in [0, 0.05) is 24.6 Å². The Balaban J connectivity index is 1.34. The van der Waals surface area contributed by atoms with Gasteiger partial charge in [-0.25, -0.2) is 9.37 Å². The zero-order chi connectivity index (χ0) is 24.4. The Labute approximate surface area is 205 Å². The molecule has 2 heterocycles. The Morgan fingerprint density at radius 2 is 1.80 bits per heavy atom. The first-order chi connectivity index (χ1) is 17.0. The van der Waals surface area contributed by atoms with Crippen molar-refractivity contribution in [3.05, 3.63) is 90.0 Å². The van der Waals surface area contributed by atoms with Crippen LogP contribution in [0, 0.1) is 5.82 Å². The summed E-state index contributed by atoms with van der Waals surface area (Å²) < 4.78 is 21.6. The summed E-state index contributed by atoms with van der Waals surface area (Å²) in [6.45, 7) is 6.07. The summed E-state index contributed by atoms with van der Waals surface area (Å²) in [5, 5.41) is 0. The second-order valence-corrected chi connectivity index (χ2v) is 9.22. The van der Waals surface area contributed by atoms with Gasteiger partial charge in [0.05, 0.1) is 17.6 Å². The molecule has 35 heavy (non-hydrogen) atoms. The summed E-state index contributed by atoms with van der Waals surface area (Å²) in [6, 6.07) is 22.4. The van der Waals surface area contributed by atoms with Crippen LogP contribution in [0.4, 0.5) is 10.1 Å². The fraction of sp³-hybridized carbons (Fsp3) is 0.310. The van der Waals surface area contributed by atoms with E-state index in [0.29, 0.717) is 37.7 Å². The number of halogens is 1. The number of carbonyl (C=O) groups excluding carboxylic acids is 1. The highest BCUT2D eigenvalue weighted by Crippen LogP contribution is 2.33. The molecule has 0 saturated carbocycles. The molecular weight excluding hydrogens is 441 g/mol. The van der Waals surface area contributed by atoms with E-state index < -0.39 is 0 Å². The fourth-order valence-electron chi connectivity index (χ4n) is 4.77. The number of aromatic nitrogens is 2. The first kappa shape index (κ1) is 23.1. The molecule has 1 aromatic heterocycles. The molecule has 5 rings (SSSR count). The van der Waals surface area contributed by atoms with Gasteiger partial charge in [-0.15, -0.1) is 0 Å². The van der Waals surface area contributed by atoms with Gasteiger partial charge in [-0.1, -0.05) is 38.1 Å². The molecule has 6 heteroatoms. The first-order valence-electron chi connectivity index (χ1n) is 12.3. The van der Waals surface area contributed by atoms with E-state index in [1.54, 1.807) is 17.0 Å². The number of anilines is 1. The molecule has 0 spiro atoms. The number of para-hydroxylation sites is 2. The van der Waals surface area contributed by atoms with Gasteiger partial charge in [0.2, 0.25) is 5.91 Å². The highest BCUT2D eigenvalue weighted by atomic mass is 19.1. The number of imidazole rings is 1. The van der Waals surface area contributed by atoms with Crippen molar-refractivity contribution >= 4 is 22.6 Å². The molecule has 1 amide bonds. The van der Waals surface area contributed by atoms with Crippen molar-refractivity contribution in [1.29, 1.82) is 0 Å². The van der Waals surface area contributed by atoms with Crippen LogP contribution < -0.4 is 9.64 Å². The third kappa shape index (κ3) is 4.78. The molecule has 4 aromatic rings. The number of fused-ring (bicyclic) bond motifs is 1. The summed E-state index contributed by atoms with van der Waals surface area (Å²) in [5.74, 6) is 1.94. The van der Waals surface area contributed by atoms with E-state index in [1.165, 1.54) is 17.7 Å². The molecule has 0 radical (unpaired) electrons. The predicted octanol–water partition coefficient (Wildman–Crippen LogP) is 6.29. The Kier molecular flexibility index (Phi) is 6.53. The van der Waals surface area contributed by atoms with Gasteiger partial charge in [0.15, 0.2) is 0 Å². The van der Waals surface area contributed by atoms with Crippen molar-refractivity contribution in [1.82, 2.24) is 9.55 Å². The van der Waals surface area contributed by atoms with Crippen molar-refractivity contribution in [3.63, 3.8) is 0 Å². The molecule has 3 aromatic carbocycles. The summed E-state index contributed by atoms with van der Waals surface area (Å²) in [4.78, 5) is 19.5. The second-order valence-electron chi connectivity index (χ2n) is 9.22. The molecule has 1 aliphatic heterocycles. The van der Waals surface area contributed by atoms with Crippen LogP contribution in [0.25, 0.3) is 11.0 Å². The maximum atomic E-state index is 13.4. The summed E-state index contributed by atoms with van der Waals surface area (Å²) in [5.41, 5.74) is 3.98. The van der Waals surface area contributed by atoms with E-state index in [-0.39, 0.29) is 17.6 Å². The molecule has 1 fully saturated rings. The van der Waals surface area contributed by atoms with Crippen molar-refractivity contribution in [2.75, 3.05) is 18.1 Å². The molecule has 0 bridgehead atoms. The number of amides is 1. The van der Waals surface area contributed by atoms with Gasteiger partial charge in [0.25, 0.3) is 0 Å². The minimum atomic E-state index is -0.312. The highest BCUT2D eigenvalue weighted by molar-refractivity contribution is 5.96. The van der Waals surface area contributed by atoms with Crippen molar-refractivity contribution in [2.45, 2.75) is 45.1 Å². The van der Waals surface area contributed by atoms with E-state index in [9.17, 15) is 9.18 Å². The van der Waals surface area contributed by atoms with Gasteiger partial charge in [-0.05, 0) is 66.4 Å². The molecule has 0 aliphatic carbocycles. The summed E-state index contributed by atoms with van der Waals surface area (Å²) in [7, 11) is 0. The van der Waals surface area contributed by atoms with Crippen LogP contribution in [-0.2, 0) is 11.3 Å². The van der Waals surface area contributed by atoms with E-state index in [1.807, 2.05) is 30.3 Å². The highest BCUT2D eigenvalue weighted by Gasteiger charge is 2.34. The summed E-state index contributed by atoms with van der Waals surface area (Å²) in [6.07, 6.45) is 1.48. The van der Waals surface area contributed by atoms with Crippen LogP contribution in [0.2, 0.25) is 0 Å². The topological polar surface area (TPSA) is 47.4 Å². The lowest BCUT2D eigenvalue weighted by Gasteiger charge is -2.17.